The summed E-state index contributed by atoms with van der Waals surface area (Å²) in [4.78, 5) is 25.4. The number of aryl methyl sites for hydroxylation is 1. The first-order valence-corrected chi connectivity index (χ1v) is 9.78. The number of amides is 1. The second-order valence-corrected chi connectivity index (χ2v) is 8.00. The number of carbonyl (C=O) groups is 2. The molecule has 0 aliphatic carbocycles. The summed E-state index contributed by atoms with van der Waals surface area (Å²) in [6, 6.07) is 14.9. The zero-order valence-electron chi connectivity index (χ0n) is 17.1. The van der Waals surface area contributed by atoms with Gasteiger partial charge in [0.2, 0.25) is 0 Å². The molecule has 1 aliphatic heterocycles. The second kappa shape index (κ2) is 8.55. The van der Waals surface area contributed by atoms with Crippen molar-refractivity contribution in [1.82, 2.24) is 4.90 Å². The Kier molecular flexibility index (Phi) is 6.11. The first-order chi connectivity index (χ1) is 13.7. The van der Waals surface area contributed by atoms with E-state index < -0.39 is 11.6 Å². The van der Waals surface area contributed by atoms with Crippen LogP contribution in [-0.4, -0.2) is 40.8 Å². The molecular weight excluding hydrogens is 370 g/mol. The Bertz CT molecular complexity index is 878. The molecule has 1 aliphatic rings. The molecule has 6 nitrogen and oxygen atoms in total. The minimum atomic E-state index is -1.28. The number of nitrogens with zero attached hydrogens (tertiary/aromatic N) is 1. The van der Waals surface area contributed by atoms with Crippen LogP contribution in [0.4, 0.5) is 4.79 Å². The van der Waals surface area contributed by atoms with Gasteiger partial charge >= 0.3 is 12.1 Å². The van der Waals surface area contributed by atoms with Crippen molar-refractivity contribution in [3.63, 3.8) is 0 Å². The molecule has 1 amide bonds. The summed E-state index contributed by atoms with van der Waals surface area (Å²) in [6.45, 7) is 6.32. The predicted octanol–water partition coefficient (Wildman–Crippen LogP) is 4.30. The third kappa shape index (κ3) is 5.28. The molecule has 6 heteroatoms. The van der Waals surface area contributed by atoms with E-state index in [1.807, 2.05) is 43.3 Å². The summed E-state index contributed by atoms with van der Waals surface area (Å²) in [6.07, 6.45) is 1.46. The van der Waals surface area contributed by atoms with Crippen molar-refractivity contribution in [2.45, 2.75) is 39.2 Å². The number of carbonyl (C=O) groups excluding carboxylic acids is 1. The largest absolute Gasteiger partial charge is 0.478 e. The van der Waals surface area contributed by atoms with Crippen LogP contribution in [0, 0.1) is 12.8 Å². The third-order valence-electron chi connectivity index (χ3n) is 5.14. The number of carboxylic acid groups (broad SMARTS) is 1. The molecule has 0 unspecified atom stereocenters. The molecule has 1 heterocycles. The molecule has 154 valence electrons. The fourth-order valence-corrected chi connectivity index (χ4v) is 3.42. The minimum Gasteiger partial charge on any atom is -0.478 e. The summed E-state index contributed by atoms with van der Waals surface area (Å²) < 4.78 is 11.1. The van der Waals surface area contributed by atoms with Crippen molar-refractivity contribution in [2.24, 2.45) is 5.92 Å². The number of hydrogen-bond donors (Lipinski definition) is 1. The minimum absolute atomic E-state index is 0.311. The Hall–Kier alpha value is -3.02. The molecule has 0 spiro atoms. The van der Waals surface area contributed by atoms with Gasteiger partial charge in [-0.2, -0.15) is 0 Å². The summed E-state index contributed by atoms with van der Waals surface area (Å²) in [5, 5.41) is 9.23. The van der Waals surface area contributed by atoms with Crippen molar-refractivity contribution in [1.29, 1.82) is 0 Å². The Morgan fingerprint density at radius 1 is 1.17 bits per heavy atom. The highest BCUT2D eigenvalue weighted by Crippen LogP contribution is 2.27. The van der Waals surface area contributed by atoms with Crippen LogP contribution >= 0.6 is 0 Å². The van der Waals surface area contributed by atoms with Crippen LogP contribution in [0.5, 0.6) is 11.5 Å². The number of ether oxygens (including phenoxy) is 2. The number of hydrogen-bond acceptors (Lipinski definition) is 4. The van der Waals surface area contributed by atoms with E-state index in [0.717, 1.165) is 24.0 Å². The zero-order valence-corrected chi connectivity index (χ0v) is 17.1. The van der Waals surface area contributed by atoms with E-state index >= 15 is 0 Å². The lowest BCUT2D eigenvalue weighted by atomic mass is 9.97. The Balaban J connectivity index is 1.56. The highest BCUT2D eigenvalue weighted by Gasteiger charge is 2.30. The molecule has 1 N–H and O–H groups in total. The average molecular weight is 397 g/mol. The van der Waals surface area contributed by atoms with Gasteiger partial charge in [0, 0.05) is 13.1 Å². The van der Waals surface area contributed by atoms with Gasteiger partial charge in [0.05, 0.1) is 0 Å². The smallest absolute Gasteiger partial charge is 0.415 e. The van der Waals surface area contributed by atoms with Crippen molar-refractivity contribution >= 4 is 12.1 Å². The van der Waals surface area contributed by atoms with E-state index in [2.05, 4.69) is 0 Å². The van der Waals surface area contributed by atoms with Gasteiger partial charge in [0.25, 0.3) is 0 Å². The molecule has 1 fully saturated rings. The SMILES string of the molecule is Cc1cc(C[C@H]2CCN(C(=O)Oc3ccccc3)C2)ccc1OC(C)(C)C(=O)O. The fourth-order valence-electron chi connectivity index (χ4n) is 3.42. The van der Waals surface area contributed by atoms with Gasteiger partial charge in [-0.1, -0.05) is 30.3 Å². The Labute approximate surface area is 171 Å². The lowest BCUT2D eigenvalue weighted by molar-refractivity contribution is -0.152. The van der Waals surface area contributed by atoms with Gasteiger partial charge in [-0.05, 0) is 68.9 Å². The third-order valence-corrected chi connectivity index (χ3v) is 5.14. The van der Waals surface area contributed by atoms with Gasteiger partial charge in [0.15, 0.2) is 5.60 Å². The van der Waals surface area contributed by atoms with Crippen LogP contribution in [0.2, 0.25) is 0 Å². The lowest BCUT2D eigenvalue weighted by Gasteiger charge is -2.23. The van der Waals surface area contributed by atoms with Crippen LogP contribution in [0.1, 0.15) is 31.4 Å². The summed E-state index contributed by atoms with van der Waals surface area (Å²) in [5.74, 6) is 0.478. The number of likely N-dealkylation sites (tertiary alicyclic amines) is 1. The van der Waals surface area contributed by atoms with E-state index in [9.17, 15) is 14.7 Å². The normalized spacial score (nSPS) is 16.5. The molecule has 2 aromatic rings. The molecule has 1 atom stereocenters. The number of para-hydroxylation sites is 1. The van der Waals surface area contributed by atoms with Crippen LogP contribution in [0.15, 0.2) is 48.5 Å². The maximum absolute atomic E-state index is 12.3. The van der Waals surface area contributed by atoms with E-state index in [1.54, 1.807) is 17.0 Å². The maximum Gasteiger partial charge on any atom is 0.415 e. The molecule has 1 saturated heterocycles. The van der Waals surface area contributed by atoms with E-state index in [4.69, 9.17) is 9.47 Å². The average Bonchev–Trinajstić information content (AvgIpc) is 3.13. The molecule has 29 heavy (non-hydrogen) atoms. The van der Waals surface area contributed by atoms with Gasteiger partial charge in [0.1, 0.15) is 11.5 Å². The Morgan fingerprint density at radius 3 is 2.55 bits per heavy atom. The van der Waals surface area contributed by atoms with Gasteiger partial charge in [-0.15, -0.1) is 0 Å². The van der Waals surface area contributed by atoms with Crippen LogP contribution in [0.3, 0.4) is 0 Å². The van der Waals surface area contributed by atoms with Crippen molar-refractivity contribution in [3.8, 4) is 11.5 Å². The van der Waals surface area contributed by atoms with Crippen LogP contribution in [0.25, 0.3) is 0 Å². The topological polar surface area (TPSA) is 76.1 Å². The molecule has 0 bridgehead atoms. The first-order valence-electron chi connectivity index (χ1n) is 9.78. The standard InChI is InChI=1S/C23H27NO5/c1-16-13-17(9-10-20(16)29-23(2,3)21(25)26)14-18-11-12-24(15-18)22(27)28-19-7-5-4-6-8-19/h4-10,13,18H,11-12,14-15H2,1-3H3,(H,25,26)/t18-/m1/s1. The summed E-state index contributed by atoms with van der Waals surface area (Å²) in [5.41, 5.74) is 0.763. The summed E-state index contributed by atoms with van der Waals surface area (Å²) >= 11 is 0. The molecular formula is C23H27NO5. The second-order valence-electron chi connectivity index (χ2n) is 8.00. The molecule has 3 rings (SSSR count). The van der Waals surface area contributed by atoms with Gasteiger partial charge in [-0.25, -0.2) is 9.59 Å². The van der Waals surface area contributed by atoms with Crippen LogP contribution < -0.4 is 9.47 Å². The monoisotopic (exact) mass is 397 g/mol. The van der Waals surface area contributed by atoms with Gasteiger partial charge in [-0.3, -0.25) is 0 Å². The quantitative estimate of drug-likeness (QED) is 0.786. The molecule has 0 saturated carbocycles. The summed E-state index contributed by atoms with van der Waals surface area (Å²) in [7, 11) is 0. The van der Waals surface area contributed by atoms with E-state index in [-0.39, 0.29) is 6.09 Å². The molecule has 2 aromatic carbocycles. The highest BCUT2D eigenvalue weighted by atomic mass is 16.6. The number of aliphatic carboxylic acids is 1. The first kappa shape index (κ1) is 20.7. The van der Waals surface area contributed by atoms with Crippen molar-refractivity contribution in [3.05, 3.63) is 59.7 Å². The Morgan fingerprint density at radius 2 is 1.90 bits per heavy atom. The number of benzene rings is 2. The van der Waals surface area contributed by atoms with Crippen molar-refractivity contribution in [2.75, 3.05) is 13.1 Å². The molecule has 0 radical (unpaired) electrons. The fraction of sp³-hybridized carbons (Fsp3) is 0.391. The predicted molar refractivity (Wildman–Crippen MR) is 109 cm³/mol. The van der Waals surface area contributed by atoms with Crippen molar-refractivity contribution < 1.29 is 24.2 Å². The van der Waals surface area contributed by atoms with Crippen LogP contribution in [-0.2, 0) is 11.2 Å². The van der Waals surface area contributed by atoms with E-state index in [0.29, 0.717) is 30.5 Å². The number of rotatable bonds is 6. The lowest BCUT2D eigenvalue weighted by Crippen LogP contribution is -2.38. The zero-order chi connectivity index (χ0) is 21.0. The maximum atomic E-state index is 12.3. The number of carboxylic acids is 1. The van der Waals surface area contributed by atoms with E-state index in [1.165, 1.54) is 13.8 Å². The molecule has 0 aromatic heterocycles. The van der Waals surface area contributed by atoms with Gasteiger partial charge < -0.3 is 19.5 Å². The highest BCUT2D eigenvalue weighted by molar-refractivity contribution is 5.76.